The van der Waals surface area contributed by atoms with Crippen LogP contribution in [0.4, 0.5) is 4.79 Å². The molecule has 180 valence electrons. The summed E-state index contributed by atoms with van der Waals surface area (Å²) in [6.45, 7) is 6.46. The van der Waals surface area contributed by atoms with Crippen molar-refractivity contribution in [3.63, 3.8) is 0 Å². The van der Waals surface area contributed by atoms with Gasteiger partial charge < -0.3 is 15.7 Å². The number of hydrogen-bond donors (Lipinski definition) is 3. The zero-order chi connectivity index (χ0) is 22.1. The molecule has 1 unspecified atom stereocenters. The minimum absolute atomic E-state index is 0.0134. The van der Waals surface area contributed by atoms with Crippen molar-refractivity contribution in [3.8, 4) is 0 Å². The molecule has 0 aliphatic heterocycles. The van der Waals surface area contributed by atoms with Gasteiger partial charge in [0.1, 0.15) is 0 Å². The summed E-state index contributed by atoms with van der Waals surface area (Å²) in [6.07, 6.45) is 23.8. The van der Waals surface area contributed by atoms with E-state index in [9.17, 15) is 4.79 Å². The van der Waals surface area contributed by atoms with Crippen LogP contribution < -0.4 is 10.6 Å². The Kier molecular flexibility index (Phi) is 23.9. The molecule has 0 aliphatic carbocycles. The van der Waals surface area contributed by atoms with Gasteiger partial charge in [-0.15, -0.1) is 0 Å². The first-order valence-corrected chi connectivity index (χ1v) is 13.4. The van der Waals surface area contributed by atoms with Crippen LogP contribution in [-0.2, 0) is 0 Å². The smallest absolute Gasteiger partial charge is 0.314 e. The lowest BCUT2D eigenvalue weighted by Crippen LogP contribution is -2.38. The van der Waals surface area contributed by atoms with Crippen molar-refractivity contribution in [2.24, 2.45) is 5.92 Å². The largest absolute Gasteiger partial charge is 0.396 e. The van der Waals surface area contributed by atoms with Gasteiger partial charge >= 0.3 is 6.03 Å². The van der Waals surface area contributed by atoms with Crippen LogP contribution in [-0.4, -0.2) is 30.8 Å². The van der Waals surface area contributed by atoms with E-state index < -0.39 is 0 Å². The standard InChI is InChI=1S/C26H54N2O2/c1-3-5-7-9-13-17-21-25(20-16-8-6-4-2)24-28-26(30)27-22-18-14-11-10-12-15-19-23-29/h25,29H,3-24H2,1-2H3,(H2,27,28,30). The Balaban J connectivity index is 3.82. The van der Waals surface area contributed by atoms with Crippen LogP contribution in [0.3, 0.4) is 0 Å². The van der Waals surface area contributed by atoms with Crippen LogP contribution in [0.1, 0.15) is 136 Å². The van der Waals surface area contributed by atoms with Gasteiger partial charge in [-0.05, 0) is 31.6 Å². The first-order chi connectivity index (χ1) is 14.7. The van der Waals surface area contributed by atoms with E-state index in [1.54, 1.807) is 0 Å². The Morgan fingerprint density at radius 1 is 0.633 bits per heavy atom. The second kappa shape index (κ2) is 24.5. The predicted octanol–water partition coefficient (Wildman–Crippen LogP) is 7.35. The highest BCUT2D eigenvalue weighted by atomic mass is 16.2. The molecule has 0 saturated carbocycles. The quantitative estimate of drug-likeness (QED) is 0.150. The van der Waals surface area contributed by atoms with Gasteiger partial charge in [0.2, 0.25) is 0 Å². The summed E-state index contributed by atoms with van der Waals surface area (Å²) < 4.78 is 0. The molecule has 0 aromatic heterocycles. The first kappa shape index (κ1) is 29.2. The van der Waals surface area contributed by atoms with Crippen molar-refractivity contribution in [2.45, 2.75) is 136 Å². The highest BCUT2D eigenvalue weighted by Gasteiger charge is 2.10. The summed E-state index contributed by atoms with van der Waals surface area (Å²) in [5, 5.41) is 14.9. The maximum absolute atomic E-state index is 12.1. The fourth-order valence-electron chi connectivity index (χ4n) is 4.04. The van der Waals surface area contributed by atoms with E-state index in [0.717, 1.165) is 32.4 Å². The van der Waals surface area contributed by atoms with E-state index >= 15 is 0 Å². The number of unbranched alkanes of at least 4 members (excludes halogenated alkanes) is 14. The van der Waals surface area contributed by atoms with Crippen LogP contribution >= 0.6 is 0 Å². The Morgan fingerprint density at radius 3 is 1.67 bits per heavy atom. The molecule has 30 heavy (non-hydrogen) atoms. The monoisotopic (exact) mass is 426 g/mol. The van der Waals surface area contributed by atoms with E-state index in [1.165, 1.54) is 103 Å². The molecule has 0 aromatic carbocycles. The Morgan fingerprint density at radius 2 is 1.10 bits per heavy atom. The van der Waals surface area contributed by atoms with Gasteiger partial charge in [-0.25, -0.2) is 4.79 Å². The van der Waals surface area contributed by atoms with Gasteiger partial charge in [0.05, 0.1) is 0 Å². The molecular weight excluding hydrogens is 372 g/mol. The van der Waals surface area contributed by atoms with Crippen LogP contribution in [0.25, 0.3) is 0 Å². The highest BCUT2D eigenvalue weighted by molar-refractivity contribution is 5.73. The van der Waals surface area contributed by atoms with Gasteiger partial charge in [0.15, 0.2) is 0 Å². The van der Waals surface area contributed by atoms with Crippen LogP contribution in [0, 0.1) is 5.92 Å². The number of hydrogen-bond acceptors (Lipinski definition) is 2. The summed E-state index contributed by atoms with van der Waals surface area (Å²) in [6, 6.07) is 0.0134. The van der Waals surface area contributed by atoms with E-state index in [0.29, 0.717) is 12.5 Å². The zero-order valence-corrected chi connectivity index (χ0v) is 20.5. The average Bonchev–Trinajstić information content (AvgIpc) is 2.75. The molecule has 2 amide bonds. The molecule has 0 aliphatic rings. The van der Waals surface area contributed by atoms with E-state index in [2.05, 4.69) is 24.5 Å². The van der Waals surface area contributed by atoms with Crippen molar-refractivity contribution in [1.82, 2.24) is 10.6 Å². The average molecular weight is 427 g/mol. The predicted molar refractivity (Wildman–Crippen MR) is 131 cm³/mol. The molecule has 4 nitrogen and oxygen atoms in total. The Labute approximate surface area is 188 Å². The number of urea groups is 1. The molecule has 0 fully saturated rings. The van der Waals surface area contributed by atoms with Crippen molar-refractivity contribution >= 4 is 6.03 Å². The lowest BCUT2D eigenvalue weighted by molar-refractivity contribution is 0.237. The normalized spacial score (nSPS) is 12.1. The summed E-state index contributed by atoms with van der Waals surface area (Å²) in [7, 11) is 0. The van der Waals surface area contributed by atoms with Gasteiger partial charge in [-0.2, -0.15) is 0 Å². The Hall–Kier alpha value is -0.770. The van der Waals surface area contributed by atoms with E-state index in [1.807, 2.05) is 0 Å². The number of carbonyl (C=O) groups is 1. The Bertz CT molecular complexity index is 350. The molecule has 0 rings (SSSR count). The van der Waals surface area contributed by atoms with Gasteiger partial charge in [0, 0.05) is 19.7 Å². The molecule has 0 bridgehead atoms. The summed E-state index contributed by atoms with van der Waals surface area (Å²) in [4.78, 5) is 12.1. The molecule has 3 N–H and O–H groups in total. The summed E-state index contributed by atoms with van der Waals surface area (Å²) in [5.41, 5.74) is 0. The molecule has 0 radical (unpaired) electrons. The maximum atomic E-state index is 12.1. The molecule has 0 heterocycles. The minimum atomic E-state index is 0.0134. The lowest BCUT2D eigenvalue weighted by Gasteiger charge is -2.18. The number of nitrogens with one attached hydrogen (secondary N) is 2. The molecule has 4 heteroatoms. The maximum Gasteiger partial charge on any atom is 0.314 e. The van der Waals surface area contributed by atoms with Gasteiger partial charge in [-0.1, -0.05) is 110 Å². The zero-order valence-electron chi connectivity index (χ0n) is 20.5. The van der Waals surface area contributed by atoms with Crippen molar-refractivity contribution in [3.05, 3.63) is 0 Å². The molecular formula is C26H54N2O2. The van der Waals surface area contributed by atoms with Gasteiger partial charge in [0.25, 0.3) is 0 Å². The van der Waals surface area contributed by atoms with Crippen LogP contribution in [0.2, 0.25) is 0 Å². The second-order valence-corrected chi connectivity index (χ2v) is 9.11. The lowest BCUT2D eigenvalue weighted by atomic mass is 9.94. The number of rotatable bonds is 23. The number of aliphatic hydroxyl groups excluding tert-OH is 1. The molecule has 0 aromatic rings. The van der Waals surface area contributed by atoms with Crippen LogP contribution in [0.15, 0.2) is 0 Å². The SMILES string of the molecule is CCCCCCCCC(CCCCCC)CNC(=O)NCCCCCCCCCO. The number of carbonyl (C=O) groups excluding carboxylic acids is 1. The third-order valence-corrected chi connectivity index (χ3v) is 6.10. The van der Waals surface area contributed by atoms with Crippen molar-refractivity contribution in [2.75, 3.05) is 19.7 Å². The van der Waals surface area contributed by atoms with E-state index in [4.69, 9.17) is 5.11 Å². The molecule has 0 spiro atoms. The number of aliphatic hydroxyl groups is 1. The summed E-state index contributed by atoms with van der Waals surface area (Å²) in [5.74, 6) is 0.637. The third-order valence-electron chi connectivity index (χ3n) is 6.10. The topological polar surface area (TPSA) is 61.4 Å². The summed E-state index contributed by atoms with van der Waals surface area (Å²) >= 11 is 0. The van der Waals surface area contributed by atoms with Gasteiger partial charge in [-0.3, -0.25) is 0 Å². The minimum Gasteiger partial charge on any atom is -0.396 e. The first-order valence-electron chi connectivity index (χ1n) is 13.4. The fourth-order valence-corrected chi connectivity index (χ4v) is 4.04. The van der Waals surface area contributed by atoms with Crippen molar-refractivity contribution in [1.29, 1.82) is 0 Å². The molecule has 1 atom stereocenters. The fraction of sp³-hybridized carbons (Fsp3) is 0.962. The molecule has 0 saturated heterocycles. The highest BCUT2D eigenvalue weighted by Crippen LogP contribution is 2.18. The second-order valence-electron chi connectivity index (χ2n) is 9.11. The van der Waals surface area contributed by atoms with Crippen LogP contribution in [0.5, 0.6) is 0 Å². The third kappa shape index (κ3) is 21.9. The van der Waals surface area contributed by atoms with E-state index in [-0.39, 0.29) is 6.03 Å². The number of amides is 2. The van der Waals surface area contributed by atoms with Crippen molar-refractivity contribution < 1.29 is 9.90 Å².